The fourth-order valence-electron chi connectivity index (χ4n) is 6.31. The highest BCUT2D eigenvalue weighted by Crippen LogP contribution is 2.51. The third-order valence-corrected chi connectivity index (χ3v) is 10.7. The van der Waals surface area contributed by atoms with Crippen LogP contribution in [-0.2, 0) is 20.8 Å². The van der Waals surface area contributed by atoms with E-state index in [1.807, 2.05) is 29.2 Å². The molecule has 1 aromatic carbocycles. The number of alkyl halides is 3. The van der Waals surface area contributed by atoms with Crippen molar-refractivity contribution in [2.75, 3.05) is 29.5 Å². The maximum absolute atomic E-state index is 13.6. The molecule has 0 bridgehead atoms. The molecule has 2 atom stereocenters. The Morgan fingerprint density at radius 1 is 1.02 bits per heavy atom. The fraction of sp³-hybridized carbons (Fsp3) is 0.484. The van der Waals surface area contributed by atoms with Gasteiger partial charge in [0.05, 0.1) is 40.6 Å². The minimum atomic E-state index is -4.56. The molecule has 1 aliphatic heterocycles. The number of hydrogen-bond donors (Lipinski definition) is 0. The van der Waals surface area contributed by atoms with E-state index in [0.717, 1.165) is 61.2 Å². The van der Waals surface area contributed by atoms with Gasteiger partial charge in [-0.1, -0.05) is 25.0 Å². The average Bonchev–Trinajstić information content (AvgIpc) is 3.63. The molecule has 6 rings (SSSR count). The lowest BCUT2D eigenvalue weighted by Crippen LogP contribution is -2.40. The van der Waals surface area contributed by atoms with Crippen molar-refractivity contribution in [2.24, 2.45) is 11.3 Å². The Kier molecular flexibility index (Phi) is 7.57. The summed E-state index contributed by atoms with van der Waals surface area (Å²) in [4.78, 5) is 19.2. The van der Waals surface area contributed by atoms with E-state index in [2.05, 4.69) is 11.1 Å². The van der Waals surface area contributed by atoms with Gasteiger partial charge in [-0.15, -0.1) is 0 Å². The summed E-state index contributed by atoms with van der Waals surface area (Å²) in [7, 11) is -3.01. The number of nitrogens with zero attached hydrogens (tertiary/aromatic N) is 5. The van der Waals surface area contributed by atoms with Crippen LogP contribution < -0.4 is 4.90 Å². The van der Waals surface area contributed by atoms with E-state index in [4.69, 9.17) is 5.10 Å². The van der Waals surface area contributed by atoms with E-state index < -0.39 is 27.1 Å². The van der Waals surface area contributed by atoms with Crippen molar-refractivity contribution in [2.45, 2.75) is 57.0 Å². The van der Waals surface area contributed by atoms with E-state index in [0.29, 0.717) is 30.9 Å². The van der Waals surface area contributed by atoms with Crippen molar-refractivity contribution < 1.29 is 26.4 Å². The Bertz CT molecular complexity index is 1640. The van der Waals surface area contributed by atoms with E-state index >= 15 is 0 Å². The van der Waals surface area contributed by atoms with Gasteiger partial charge in [0, 0.05) is 48.8 Å². The average molecular weight is 612 g/mol. The maximum atomic E-state index is 13.6. The normalized spacial score (nSPS) is 23.0. The van der Waals surface area contributed by atoms with Gasteiger partial charge in [-0.2, -0.15) is 23.5 Å². The van der Waals surface area contributed by atoms with Crippen LogP contribution in [0.5, 0.6) is 0 Å². The molecule has 0 unspecified atom stereocenters. The van der Waals surface area contributed by atoms with Crippen LogP contribution in [0, 0.1) is 22.7 Å². The van der Waals surface area contributed by atoms with Crippen molar-refractivity contribution >= 4 is 21.3 Å². The van der Waals surface area contributed by atoms with Gasteiger partial charge in [0.25, 0.3) is 0 Å². The van der Waals surface area contributed by atoms with Gasteiger partial charge in [-0.3, -0.25) is 4.79 Å². The highest BCUT2D eigenvalue weighted by atomic mass is 32.2. The first-order valence-electron chi connectivity index (χ1n) is 14.6. The quantitative estimate of drug-likeness (QED) is 0.336. The Hall–Kier alpha value is -3.72. The van der Waals surface area contributed by atoms with Crippen molar-refractivity contribution in [3.63, 3.8) is 0 Å². The van der Waals surface area contributed by atoms with Gasteiger partial charge >= 0.3 is 6.18 Å². The summed E-state index contributed by atoms with van der Waals surface area (Å²) in [6.07, 6.45) is 3.35. The van der Waals surface area contributed by atoms with Crippen molar-refractivity contribution in [3.05, 3.63) is 60.2 Å². The van der Waals surface area contributed by atoms with Crippen LogP contribution in [0.25, 0.3) is 16.8 Å². The molecule has 1 saturated heterocycles. The summed E-state index contributed by atoms with van der Waals surface area (Å²) >= 11 is 0. The number of pyridine rings is 1. The Morgan fingerprint density at radius 3 is 2.30 bits per heavy atom. The van der Waals surface area contributed by atoms with Crippen molar-refractivity contribution in [1.82, 2.24) is 14.8 Å². The standard InChI is InChI=1S/C31H32F3N5O3S/c32-31(33,34)28-10-9-23(18-36-28)39-19-26(21-5-7-22(8-6-21)38-13-15-43(41,42)16-14-38)29(37-39)25-4-2-1-3-24(25)27(40)17-30(20-35)11-12-30/h5-10,18-19,24-25H,1-4,11-17H2/t24-,25-/m1/s1. The molecule has 8 nitrogen and oxygen atoms in total. The molecule has 2 saturated carbocycles. The zero-order valence-corrected chi connectivity index (χ0v) is 24.4. The molecular weight excluding hydrogens is 579 g/mol. The van der Waals surface area contributed by atoms with Crippen LogP contribution in [0.4, 0.5) is 18.9 Å². The summed E-state index contributed by atoms with van der Waals surface area (Å²) < 4.78 is 64.7. The summed E-state index contributed by atoms with van der Waals surface area (Å²) in [5.41, 5.74) is 2.05. The van der Waals surface area contributed by atoms with E-state index in [-0.39, 0.29) is 35.5 Å². The maximum Gasteiger partial charge on any atom is 0.433 e. The third kappa shape index (κ3) is 6.18. The molecule has 3 aliphatic rings. The van der Waals surface area contributed by atoms with Crippen LogP contribution in [0.2, 0.25) is 0 Å². The molecule has 2 aliphatic carbocycles. The van der Waals surface area contributed by atoms with Gasteiger partial charge in [-0.25, -0.2) is 18.1 Å². The Balaban J connectivity index is 1.35. The fourth-order valence-corrected chi connectivity index (χ4v) is 7.52. The first-order chi connectivity index (χ1) is 20.5. The van der Waals surface area contributed by atoms with Gasteiger partial charge in [0.15, 0.2) is 9.84 Å². The van der Waals surface area contributed by atoms with Crippen LogP contribution in [0.15, 0.2) is 48.8 Å². The van der Waals surface area contributed by atoms with Crippen LogP contribution in [0.3, 0.4) is 0 Å². The Morgan fingerprint density at radius 2 is 1.70 bits per heavy atom. The first kappa shape index (κ1) is 29.4. The number of halogens is 3. The highest BCUT2D eigenvalue weighted by molar-refractivity contribution is 7.91. The number of carbonyl (C=O) groups excluding carboxylic acids is 1. The zero-order chi connectivity index (χ0) is 30.4. The molecule has 226 valence electrons. The van der Waals surface area contributed by atoms with E-state index in [9.17, 15) is 31.6 Å². The van der Waals surface area contributed by atoms with E-state index in [1.54, 1.807) is 6.20 Å². The van der Waals surface area contributed by atoms with Crippen LogP contribution >= 0.6 is 0 Å². The lowest BCUT2D eigenvalue weighted by Gasteiger charge is -2.31. The second-order valence-corrected chi connectivity index (χ2v) is 14.3. The number of anilines is 1. The number of nitriles is 1. The van der Waals surface area contributed by atoms with Gasteiger partial charge in [0.2, 0.25) is 0 Å². The molecular formula is C31H32F3N5O3S. The van der Waals surface area contributed by atoms with Crippen molar-refractivity contribution in [1.29, 1.82) is 5.26 Å². The predicted molar refractivity (Wildman–Crippen MR) is 154 cm³/mol. The number of aromatic nitrogens is 3. The molecule has 3 fully saturated rings. The summed E-state index contributed by atoms with van der Waals surface area (Å²) in [5, 5.41) is 14.5. The SMILES string of the molecule is N#CC1(CC(=O)[C@@H]2CCCC[C@H]2c2nn(-c3ccc(C(F)(F)F)nc3)cc2-c2ccc(N3CCS(=O)(=O)CC3)cc2)CC1. The number of rotatable bonds is 7. The smallest absolute Gasteiger partial charge is 0.369 e. The highest BCUT2D eigenvalue weighted by Gasteiger charge is 2.47. The molecule has 0 spiro atoms. The number of ketones is 1. The summed E-state index contributed by atoms with van der Waals surface area (Å²) in [5.74, 6) is -0.187. The second-order valence-electron chi connectivity index (χ2n) is 12.0. The third-order valence-electron chi connectivity index (χ3n) is 9.07. The molecule has 3 heterocycles. The molecule has 0 radical (unpaired) electrons. The van der Waals surface area contributed by atoms with Crippen molar-refractivity contribution in [3.8, 4) is 22.9 Å². The first-order valence-corrected chi connectivity index (χ1v) is 16.4. The van der Waals surface area contributed by atoms with Gasteiger partial charge < -0.3 is 4.90 Å². The predicted octanol–water partition coefficient (Wildman–Crippen LogP) is 5.72. The van der Waals surface area contributed by atoms with Crippen LogP contribution in [-0.4, -0.2) is 53.6 Å². The molecule has 12 heteroatoms. The van der Waals surface area contributed by atoms with Gasteiger partial charge in [0.1, 0.15) is 11.5 Å². The lowest BCUT2D eigenvalue weighted by atomic mass is 9.72. The number of sulfone groups is 1. The number of benzene rings is 1. The number of carbonyl (C=O) groups is 1. The topological polar surface area (TPSA) is 109 Å². The lowest BCUT2D eigenvalue weighted by molar-refractivity contribution is -0.141. The largest absolute Gasteiger partial charge is 0.433 e. The molecule has 0 amide bonds. The van der Waals surface area contributed by atoms with E-state index in [1.165, 1.54) is 10.7 Å². The van der Waals surface area contributed by atoms with Crippen LogP contribution in [0.1, 0.15) is 62.3 Å². The summed E-state index contributed by atoms with van der Waals surface area (Å²) in [6.45, 7) is 0.837. The minimum absolute atomic E-state index is 0.0795. The van der Waals surface area contributed by atoms with Gasteiger partial charge in [-0.05, 0) is 55.5 Å². The zero-order valence-electron chi connectivity index (χ0n) is 23.6. The summed E-state index contributed by atoms with van der Waals surface area (Å²) in [6, 6.07) is 12.3. The number of Topliss-reactive ketones (excluding diaryl/α,β-unsaturated/α-hetero) is 1. The second kappa shape index (κ2) is 11.1. The number of hydrogen-bond acceptors (Lipinski definition) is 7. The molecule has 0 N–H and O–H groups in total. The monoisotopic (exact) mass is 611 g/mol. The minimum Gasteiger partial charge on any atom is -0.369 e. The molecule has 3 aromatic rings. The molecule has 2 aromatic heterocycles. The Labute approximate surface area is 248 Å². The molecule has 43 heavy (non-hydrogen) atoms.